The summed E-state index contributed by atoms with van der Waals surface area (Å²) in [5, 5.41) is 9.53. The van der Waals surface area contributed by atoms with Gasteiger partial charge in [-0.05, 0) is 31.9 Å². The monoisotopic (exact) mass is 245 g/mol. The first-order chi connectivity index (χ1) is 8.79. The number of allylic oxidation sites excluding steroid dienone is 1. The zero-order valence-corrected chi connectivity index (χ0v) is 10.7. The molecule has 1 aromatic heterocycles. The third kappa shape index (κ3) is 3.44. The molecule has 18 heavy (non-hydrogen) atoms. The number of aliphatic hydroxyl groups excluding tert-OH is 1. The number of oxazole rings is 1. The van der Waals surface area contributed by atoms with Gasteiger partial charge in [-0.1, -0.05) is 30.7 Å². The van der Waals surface area contributed by atoms with Gasteiger partial charge >= 0.3 is 0 Å². The summed E-state index contributed by atoms with van der Waals surface area (Å²) in [6.45, 7) is 1.92. The minimum Gasteiger partial charge on any atom is -0.441 e. The molecule has 1 heterocycles. The van der Waals surface area contributed by atoms with Crippen molar-refractivity contribution in [1.82, 2.24) is 4.98 Å². The van der Waals surface area contributed by atoms with Crippen molar-refractivity contribution in [3.63, 3.8) is 0 Å². The third-order valence-corrected chi connectivity index (χ3v) is 2.89. The van der Waals surface area contributed by atoms with Gasteiger partial charge in [0.2, 0.25) is 0 Å². The van der Waals surface area contributed by atoms with E-state index >= 15 is 0 Å². The van der Waals surface area contributed by atoms with Gasteiger partial charge in [-0.25, -0.2) is 4.98 Å². The van der Waals surface area contributed by atoms with Gasteiger partial charge in [-0.2, -0.15) is 0 Å². The number of hydrogen-bond donors (Lipinski definition) is 1. The maximum atomic E-state index is 9.53. The molecule has 2 rings (SSSR count). The summed E-state index contributed by atoms with van der Waals surface area (Å²) in [5.41, 5.74) is 1.77. The molecule has 1 N–H and O–H groups in total. The van der Waals surface area contributed by atoms with Crippen molar-refractivity contribution in [2.24, 2.45) is 0 Å². The molecule has 1 aromatic carbocycles. The average Bonchev–Trinajstić information content (AvgIpc) is 2.77. The highest BCUT2D eigenvalue weighted by molar-refractivity contribution is 5.72. The van der Waals surface area contributed by atoms with Crippen LogP contribution >= 0.6 is 0 Å². The summed E-state index contributed by atoms with van der Waals surface area (Å²) in [6.07, 6.45) is 6.97. The first kappa shape index (κ1) is 12.8. The fraction of sp³-hybridized carbons (Fsp3) is 0.400. The summed E-state index contributed by atoms with van der Waals surface area (Å²) in [6, 6.07) is 7.80. The highest BCUT2D eigenvalue weighted by Gasteiger charge is 2.05. The normalized spacial score (nSPS) is 13.4. The van der Waals surface area contributed by atoms with Crippen LogP contribution in [0, 0.1) is 0 Å². The van der Waals surface area contributed by atoms with Gasteiger partial charge in [0.25, 0.3) is 0 Å². The number of benzene rings is 1. The molecule has 0 aliphatic rings. The number of para-hydroxylation sites is 2. The van der Waals surface area contributed by atoms with Crippen LogP contribution in [0.1, 0.15) is 32.1 Å². The van der Waals surface area contributed by atoms with E-state index in [1.54, 1.807) is 0 Å². The van der Waals surface area contributed by atoms with Crippen molar-refractivity contribution in [1.29, 1.82) is 0 Å². The van der Waals surface area contributed by atoms with Gasteiger partial charge in [0.05, 0.1) is 6.10 Å². The Morgan fingerprint density at radius 2 is 2.17 bits per heavy atom. The van der Waals surface area contributed by atoms with Crippen LogP contribution in [0.25, 0.3) is 11.1 Å². The minimum absolute atomic E-state index is 0.321. The lowest BCUT2D eigenvalue weighted by atomic mass is 10.1. The first-order valence-corrected chi connectivity index (χ1v) is 6.45. The van der Waals surface area contributed by atoms with Gasteiger partial charge < -0.3 is 9.52 Å². The number of aromatic nitrogens is 1. The van der Waals surface area contributed by atoms with Gasteiger partial charge in [0, 0.05) is 6.42 Å². The maximum absolute atomic E-state index is 9.53. The molecule has 0 amide bonds. The standard InChI is InChI=1S/C15H19NO2/c1-2-7-12(17)8-3-6-11-15-16-13-9-4-5-10-14(13)18-15/h2,4-5,7,9-10,12,17H,3,6,8,11H2,1H3/t12-/m1/s1. The van der Waals surface area contributed by atoms with Crippen molar-refractivity contribution in [2.75, 3.05) is 0 Å². The Labute approximate surface area is 107 Å². The Morgan fingerprint density at radius 1 is 1.33 bits per heavy atom. The lowest BCUT2D eigenvalue weighted by molar-refractivity contribution is 0.208. The fourth-order valence-corrected chi connectivity index (χ4v) is 1.97. The van der Waals surface area contributed by atoms with Crippen LogP contribution < -0.4 is 0 Å². The zero-order valence-electron chi connectivity index (χ0n) is 10.7. The van der Waals surface area contributed by atoms with E-state index in [-0.39, 0.29) is 6.10 Å². The molecule has 0 spiro atoms. The highest BCUT2D eigenvalue weighted by atomic mass is 16.3. The Hall–Kier alpha value is -1.61. The van der Waals surface area contributed by atoms with Crippen LogP contribution in [0.4, 0.5) is 0 Å². The molecule has 0 unspecified atom stereocenters. The molecular weight excluding hydrogens is 226 g/mol. The largest absolute Gasteiger partial charge is 0.441 e. The summed E-state index contributed by atoms with van der Waals surface area (Å²) in [7, 11) is 0. The average molecular weight is 245 g/mol. The molecular formula is C15H19NO2. The molecule has 1 atom stereocenters. The molecule has 0 saturated carbocycles. The predicted octanol–water partition coefficient (Wildman–Crippen LogP) is 3.48. The van der Waals surface area contributed by atoms with E-state index in [9.17, 15) is 5.11 Å². The molecule has 0 saturated heterocycles. The summed E-state index contributed by atoms with van der Waals surface area (Å²) < 4.78 is 5.63. The first-order valence-electron chi connectivity index (χ1n) is 6.45. The Balaban J connectivity index is 1.80. The second kappa shape index (κ2) is 6.36. The van der Waals surface area contributed by atoms with E-state index in [0.717, 1.165) is 42.7 Å². The van der Waals surface area contributed by atoms with Crippen molar-refractivity contribution >= 4 is 11.1 Å². The van der Waals surface area contributed by atoms with Crippen LogP contribution in [-0.4, -0.2) is 16.2 Å². The number of aliphatic hydroxyl groups is 1. The number of rotatable bonds is 6. The van der Waals surface area contributed by atoms with Gasteiger partial charge in [0.1, 0.15) is 5.52 Å². The molecule has 3 heteroatoms. The topological polar surface area (TPSA) is 46.3 Å². The van der Waals surface area contributed by atoms with Crippen molar-refractivity contribution < 1.29 is 9.52 Å². The second-order valence-electron chi connectivity index (χ2n) is 4.41. The van der Waals surface area contributed by atoms with Gasteiger partial charge in [-0.15, -0.1) is 0 Å². The number of unbranched alkanes of at least 4 members (excludes halogenated alkanes) is 1. The summed E-state index contributed by atoms with van der Waals surface area (Å²) in [4.78, 5) is 4.42. The smallest absolute Gasteiger partial charge is 0.195 e. The molecule has 0 aliphatic heterocycles. The van der Waals surface area contributed by atoms with E-state index in [1.165, 1.54) is 0 Å². The van der Waals surface area contributed by atoms with E-state index in [4.69, 9.17) is 4.42 Å². The van der Waals surface area contributed by atoms with Gasteiger partial charge in [-0.3, -0.25) is 0 Å². The van der Waals surface area contributed by atoms with E-state index in [1.807, 2.05) is 43.3 Å². The van der Waals surface area contributed by atoms with Crippen LogP contribution in [0.2, 0.25) is 0 Å². The van der Waals surface area contributed by atoms with Crippen molar-refractivity contribution in [2.45, 2.75) is 38.7 Å². The third-order valence-electron chi connectivity index (χ3n) is 2.89. The van der Waals surface area contributed by atoms with E-state index in [0.29, 0.717) is 0 Å². The van der Waals surface area contributed by atoms with E-state index in [2.05, 4.69) is 4.98 Å². The van der Waals surface area contributed by atoms with E-state index < -0.39 is 0 Å². The Kier molecular flexibility index (Phi) is 4.53. The zero-order chi connectivity index (χ0) is 12.8. The number of aryl methyl sites for hydroxylation is 1. The van der Waals surface area contributed by atoms with Crippen LogP contribution in [0.3, 0.4) is 0 Å². The lowest BCUT2D eigenvalue weighted by Gasteiger charge is -2.03. The molecule has 0 aliphatic carbocycles. The van der Waals surface area contributed by atoms with Crippen molar-refractivity contribution in [3.05, 3.63) is 42.3 Å². The van der Waals surface area contributed by atoms with Crippen LogP contribution in [0.15, 0.2) is 40.8 Å². The Bertz CT molecular complexity index is 483. The summed E-state index contributed by atoms with van der Waals surface area (Å²) in [5.74, 6) is 0.789. The lowest BCUT2D eigenvalue weighted by Crippen LogP contribution is -2.01. The summed E-state index contributed by atoms with van der Waals surface area (Å²) >= 11 is 0. The molecule has 96 valence electrons. The quantitative estimate of drug-likeness (QED) is 0.626. The molecule has 2 aromatic rings. The van der Waals surface area contributed by atoms with Crippen LogP contribution in [-0.2, 0) is 6.42 Å². The number of nitrogens with zero attached hydrogens (tertiary/aromatic N) is 1. The minimum atomic E-state index is -0.321. The van der Waals surface area contributed by atoms with Crippen LogP contribution in [0.5, 0.6) is 0 Å². The molecule has 0 bridgehead atoms. The van der Waals surface area contributed by atoms with Gasteiger partial charge in [0.15, 0.2) is 11.5 Å². The highest BCUT2D eigenvalue weighted by Crippen LogP contribution is 2.16. The Morgan fingerprint density at radius 3 is 2.94 bits per heavy atom. The second-order valence-corrected chi connectivity index (χ2v) is 4.41. The molecule has 0 fully saturated rings. The molecule has 0 radical (unpaired) electrons. The molecule has 3 nitrogen and oxygen atoms in total. The predicted molar refractivity (Wildman–Crippen MR) is 72.4 cm³/mol. The maximum Gasteiger partial charge on any atom is 0.195 e. The SMILES string of the molecule is CC=C[C@@H](O)CCCCc1nc2ccccc2o1. The number of hydrogen-bond acceptors (Lipinski definition) is 3. The van der Waals surface area contributed by atoms with Crippen molar-refractivity contribution in [3.8, 4) is 0 Å². The number of fused-ring (bicyclic) bond motifs is 1. The fourth-order valence-electron chi connectivity index (χ4n) is 1.97.